The third-order valence-electron chi connectivity index (χ3n) is 3.63. The molecule has 1 N–H and O–H groups in total. The highest BCUT2D eigenvalue weighted by Crippen LogP contribution is 2.21. The van der Waals surface area contributed by atoms with Crippen LogP contribution in [0.5, 0.6) is 5.75 Å². The Balaban J connectivity index is 2.44. The Morgan fingerprint density at radius 3 is 2.58 bits per heavy atom. The fourth-order valence-corrected chi connectivity index (χ4v) is 1.95. The Kier molecular flexibility index (Phi) is 7.05. The molecule has 0 aliphatic rings. The Morgan fingerprint density at radius 2 is 2.04 bits per heavy atom. The molecule has 0 radical (unpaired) electrons. The van der Waals surface area contributed by atoms with Gasteiger partial charge in [-0.15, -0.1) is 0 Å². The van der Waals surface area contributed by atoms with Crippen LogP contribution in [0, 0.1) is 24.2 Å². The molecule has 0 saturated carbocycles. The first-order valence-electron chi connectivity index (χ1n) is 7.44. The second kappa shape index (κ2) is 8.55. The number of halogens is 1. The summed E-state index contributed by atoms with van der Waals surface area (Å²) in [4.78, 5) is 23.4. The first-order chi connectivity index (χ1) is 11.2. The lowest BCUT2D eigenvalue weighted by molar-refractivity contribution is -0.150. The molecule has 1 rings (SSSR count). The van der Waals surface area contributed by atoms with E-state index in [1.54, 1.807) is 32.0 Å². The number of hydrogen-bond donors (Lipinski definition) is 1. The number of esters is 1. The zero-order valence-corrected chi connectivity index (χ0v) is 14.9. The zero-order valence-electron chi connectivity index (χ0n) is 14.2. The van der Waals surface area contributed by atoms with Crippen molar-refractivity contribution in [2.45, 2.75) is 33.2 Å². The van der Waals surface area contributed by atoms with E-state index in [9.17, 15) is 9.59 Å². The van der Waals surface area contributed by atoms with Gasteiger partial charge in [-0.3, -0.25) is 4.79 Å². The molecule has 0 aliphatic heterocycles. The molecule has 7 heteroatoms. The normalized spacial score (nSPS) is 12.9. The van der Waals surface area contributed by atoms with Gasteiger partial charge in [-0.05, 0) is 43.5 Å². The maximum Gasteiger partial charge on any atom is 0.344 e. The summed E-state index contributed by atoms with van der Waals surface area (Å²) in [6.45, 7) is 6.26. The Labute approximate surface area is 146 Å². The maximum absolute atomic E-state index is 11.8. The van der Waals surface area contributed by atoms with Crippen LogP contribution in [0.4, 0.5) is 0 Å². The Morgan fingerprint density at radius 1 is 1.38 bits per heavy atom. The number of amides is 1. The van der Waals surface area contributed by atoms with Crippen molar-refractivity contribution in [3.63, 3.8) is 0 Å². The van der Waals surface area contributed by atoms with E-state index in [2.05, 4.69) is 5.32 Å². The molecular formula is C17H21ClN2O4. The molecule has 0 aromatic heterocycles. The maximum atomic E-state index is 11.8. The highest BCUT2D eigenvalue weighted by Gasteiger charge is 2.30. The van der Waals surface area contributed by atoms with Gasteiger partial charge in [0.2, 0.25) is 0 Å². The molecule has 1 aromatic rings. The molecule has 24 heavy (non-hydrogen) atoms. The predicted octanol–water partition coefficient (Wildman–Crippen LogP) is 2.62. The first-order valence-corrected chi connectivity index (χ1v) is 7.82. The molecule has 0 saturated heterocycles. The molecule has 0 heterocycles. The second-order valence-corrected chi connectivity index (χ2v) is 6.31. The average Bonchev–Trinajstić information content (AvgIpc) is 2.51. The lowest BCUT2D eigenvalue weighted by atomic mass is 9.90. The number of carbonyl (C=O) groups is 2. The number of nitriles is 1. The summed E-state index contributed by atoms with van der Waals surface area (Å²) < 4.78 is 10.2. The number of rotatable bonds is 7. The molecule has 6 nitrogen and oxygen atoms in total. The number of nitrogens with zero attached hydrogens (tertiary/aromatic N) is 1. The molecule has 0 fully saturated rings. The first kappa shape index (κ1) is 19.8. The summed E-state index contributed by atoms with van der Waals surface area (Å²) >= 11 is 5.84. The molecule has 0 unspecified atom stereocenters. The largest absolute Gasteiger partial charge is 0.482 e. The summed E-state index contributed by atoms with van der Waals surface area (Å²) in [7, 11) is 0. The van der Waals surface area contributed by atoms with E-state index < -0.39 is 24.0 Å². The number of carbonyl (C=O) groups excluding carboxylic acids is 2. The van der Waals surface area contributed by atoms with E-state index in [0.717, 1.165) is 5.56 Å². The summed E-state index contributed by atoms with van der Waals surface area (Å²) in [6, 6.07) is 7.06. The van der Waals surface area contributed by atoms with Gasteiger partial charge < -0.3 is 14.8 Å². The number of benzene rings is 1. The Bertz CT molecular complexity index is 654. The van der Waals surface area contributed by atoms with Crippen LogP contribution in [0.15, 0.2) is 18.2 Å². The van der Waals surface area contributed by atoms with Crippen molar-refractivity contribution in [2.75, 3.05) is 13.2 Å². The number of aryl methyl sites for hydroxylation is 1. The summed E-state index contributed by atoms with van der Waals surface area (Å²) in [5.41, 5.74) is -0.227. The summed E-state index contributed by atoms with van der Waals surface area (Å²) in [5, 5.41) is 12.3. The molecular weight excluding hydrogens is 332 g/mol. The standard InChI is InChI=1S/C17H21ClN2O4/c1-11(2)17(4,10-19)20-15(21)8-24-16(22)9-23-14-6-5-13(18)7-12(14)3/h5-7,11H,8-9H2,1-4H3,(H,20,21)/t17-/m0/s1. The average molecular weight is 353 g/mol. The van der Waals surface area contributed by atoms with Gasteiger partial charge in [0.25, 0.3) is 5.91 Å². The van der Waals surface area contributed by atoms with Crippen molar-refractivity contribution in [1.29, 1.82) is 5.26 Å². The molecule has 0 spiro atoms. The smallest absolute Gasteiger partial charge is 0.344 e. The number of hydrogen-bond acceptors (Lipinski definition) is 5. The van der Waals surface area contributed by atoms with Crippen molar-refractivity contribution >= 4 is 23.5 Å². The van der Waals surface area contributed by atoms with Crippen LogP contribution < -0.4 is 10.1 Å². The molecule has 1 atom stereocenters. The fourth-order valence-electron chi connectivity index (χ4n) is 1.73. The Hall–Kier alpha value is -2.26. The van der Waals surface area contributed by atoms with Gasteiger partial charge in [-0.1, -0.05) is 25.4 Å². The van der Waals surface area contributed by atoms with Crippen molar-refractivity contribution in [2.24, 2.45) is 5.92 Å². The van der Waals surface area contributed by atoms with Gasteiger partial charge in [0.1, 0.15) is 11.3 Å². The summed E-state index contributed by atoms with van der Waals surface area (Å²) in [5.74, 6) is -0.789. The molecule has 1 amide bonds. The molecule has 1 aromatic carbocycles. The molecule has 130 valence electrons. The number of ether oxygens (including phenoxy) is 2. The lowest BCUT2D eigenvalue weighted by Gasteiger charge is -2.27. The van der Waals surface area contributed by atoms with Crippen LogP contribution in [0.1, 0.15) is 26.3 Å². The minimum atomic E-state index is -1.01. The third-order valence-corrected chi connectivity index (χ3v) is 3.87. The number of nitrogens with one attached hydrogen (secondary N) is 1. The third kappa shape index (κ3) is 5.74. The van der Waals surface area contributed by atoms with E-state index in [4.69, 9.17) is 26.3 Å². The van der Waals surface area contributed by atoms with Crippen molar-refractivity contribution in [3.05, 3.63) is 28.8 Å². The van der Waals surface area contributed by atoms with Gasteiger partial charge in [0.15, 0.2) is 13.2 Å². The van der Waals surface area contributed by atoms with Crippen LogP contribution in [-0.2, 0) is 14.3 Å². The van der Waals surface area contributed by atoms with Crippen LogP contribution in [0.25, 0.3) is 0 Å². The van der Waals surface area contributed by atoms with E-state index >= 15 is 0 Å². The second-order valence-electron chi connectivity index (χ2n) is 5.88. The van der Waals surface area contributed by atoms with Crippen molar-refractivity contribution in [3.8, 4) is 11.8 Å². The SMILES string of the molecule is Cc1cc(Cl)ccc1OCC(=O)OCC(=O)N[C@@](C)(C#N)C(C)C. The van der Waals surface area contributed by atoms with Crippen LogP contribution >= 0.6 is 11.6 Å². The van der Waals surface area contributed by atoms with Crippen LogP contribution in [0.3, 0.4) is 0 Å². The highest BCUT2D eigenvalue weighted by atomic mass is 35.5. The molecule has 0 aliphatic carbocycles. The van der Waals surface area contributed by atoms with Crippen molar-refractivity contribution in [1.82, 2.24) is 5.32 Å². The van der Waals surface area contributed by atoms with Crippen LogP contribution in [0.2, 0.25) is 5.02 Å². The van der Waals surface area contributed by atoms with Gasteiger partial charge in [0, 0.05) is 5.02 Å². The van der Waals surface area contributed by atoms with E-state index in [1.807, 2.05) is 19.9 Å². The monoisotopic (exact) mass is 352 g/mol. The van der Waals surface area contributed by atoms with Gasteiger partial charge in [-0.2, -0.15) is 5.26 Å². The van der Waals surface area contributed by atoms with Crippen LogP contribution in [-0.4, -0.2) is 30.6 Å². The fraction of sp³-hybridized carbons (Fsp3) is 0.471. The molecule has 0 bridgehead atoms. The van der Waals surface area contributed by atoms with Gasteiger partial charge in [0.05, 0.1) is 6.07 Å². The predicted molar refractivity (Wildman–Crippen MR) is 89.6 cm³/mol. The zero-order chi connectivity index (χ0) is 18.3. The van der Waals surface area contributed by atoms with Gasteiger partial charge >= 0.3 is 5.97 Å². The minimum Gasteiger partial charge on any atom is -0.482 e. The quantitative estimate of drug-likeness (QED) is 0.762. The van der Waals surface area contributed by atoms with Crippen molar-refractivity contribution < 1.29 is 19.1 Å². The van der Waals surface area contributed by atoms with E-state index in [0.29, 0.717) is 10.8 Å². The van der Waals surface area contributed by atoms with Gasteiger partial charge in [-0.25, -0.2) is 4.79 Å². The summed E-state index contributed by atoms with van der Waals surface area (Å²) in [6.07, 6.45) is 0. The topological polar surface area (TPSA) is 88.4 Å². The van der Waals surface area contributed by atoms with E-state index in [-0.39, 0.29) is 12.5 Å². The van der Waals surface area contributed by atoms with E-state index in [1.165, 1.54) is 0 Å². The minimum absolute atomic E-state index is 0.0848. The highest BCUT2D eigenvalue weighted by molar-refractivity contribution is 6.30. The lowest BCUT2D eigenvalue weighted by Crippen LogP contribution is -2.50.